The first-order chi connectivity index (χ1) is 14.2. The average molecular weight is 489 g/mol. The molecule has 0 aliphatic carbocycles. The van der Waals surface area contributed by atoms with E-state index in [2.05, 4.69) is 21.2 Å². The van der Waals surface area contributed by atoms with Crippen molar-refractivity contribution in [1.29, 1.82) is 0 Å². The first kappa shape index (κ1) is 22.1. The van der Waals surface area contributed by atoms with Gasteiger partial charge in [-0.3, -0.25) is 19.3 Å². The number of hydrogen-bond acceptors (Lipinski definition) is 5. The minimum atomic E-state index is -0.500. The lowest BCUT2D eigenvalue weighted by atomic mass is 10.1. The third-order valence-electron chi connectivity index (χ3n) is 4.60. The molecule has 2 aromatic rings. The molecule has 1 aliphatic heterocycles. The zero-order chi connectivity index (χ0) is 22.0. The molecule has 1 saturated heterocycles. The van der Waals surface area contributed by atoms with Crippen LogP contribution in [0.25, 0.3) is 6.08 Å². The first-order valence-electron chi connectivity index (χ1n) is 9.16. The molecule has 8 heteroatoms. The molecule has 0 saturated carbocycles. The standard InChI is InChI=1S/C22H21BrN2O4S/c1-12-7-13(2)20(14(3)8-12)24-19(26)11-25-21(27)18(30-22(25)28)10-15-9-16(23)5-6-17(15)29-4/h5-10H,11H2,1-4H3,(H,24,26)/b18-10+. The van der Waals surface area contributed by atoms with Crippen LogP contribution < -0.4 is 10.1 Å². The number of aryl methyl sites for hydroxylation is 3. The van der Waals surface area contributed by atoms with Crippen molar-refractivity contribution in [1.82, 2.24) is 4.90 Å². The molecule has 2 aromatic carbocycles. The predicted octanol–water partition coefficient (Wildman–Crippen LogP) is 5.06. The number of thioether (sulfide) groups is 1. The molecule has 0 radical (unpaired) electrons. The van der Waals surface area contributed by atoms with E-state index in [0.717, 1.165) is 37.8 Å². The second kappa shape index (κ2) is 9.06. The average Bonchev–Trinajstić information content (AvgIpc) is 2.92. The van der Waals surface area contributed by atoms with Crippen LogP contribution in [0.1, 0.15) is 22.3 Å². The van der Waals surface area contributed by atoms with Gasteiger partial charge in [-0.05, 0) is 67.9 Å². The summed E-state index contributed by atoms with van der Waals surface area (Å²) in [6, 6.07) is 9.32. The van der Waals surface area contributed by atoms with Crippen LogP contribution in [0.4, 0.5) is 10.5 Å². The SMILES string of the molecule is COc1ccc(Br)cc1/C=C1/SC(=O)N(CC(=O)Nc2c(C)cc(C)cc2C)C1=O. The number of anilines is 1. The molecule has 30 heavy (non-hydrogen) atoms. The zero-order valence-corrected chi connectivity index (χ0v) is 19.4. The molecule has 6 nitrogen and oxygen atoms in total. The number of ether oxygens (including phenoxy) is 1. The Morgan fingerprint density at radius 1 is 1.17 bits per heavy atom. The summed E-state index contributed by atoms with van der Waals surface area (Å²) in [6.07, 6.45) is 1.60. The number of nitrogens with zero attached hydrogens (tertiary/aromatic N) is 1. The highest BCUT2D eigenvalue weighted by atomic mass is 79.9. The van der Waals surface area contributed by atoms with E-state index < -0.39 is 17.1 Å². The van der Waals surface area contributed by atoms with Crippen LogP contribution in [-0.4, -0.2) is 35.6 Å². The van der Waals surface area contributed by atoms with Crippen LogP contribution >= 0.6 is 27.7 Å². The number of halogens is 1. The molecule has 1 fully saturated rings. The highest BCUT2D eigenvalue weighted by Crippen LogP contribution is 2.34. The van der Waals surface area contributed by atoms with Crippen molar-refractivity contribution in [2.24, 2.45) is 0 Å². The molecular weight excluding hydrogens is 468 g/mol. The van der Waals surface area contributed by atoms with E-state index in [1.54, 1.807) is 18.2 Å². The van der Waals surface area contributed by atoms with Gasteiger partial charge in [-0.15, -0.1) is 0 Å². The zero-order valence-electron chi connectivity index (χ0n) is 17.0. The summed E-state index contributed by atoms with van der Waals surface area (Å²) in [5.41, 5.74) is 4.31. The molecule has 0 aromatic heterocycles. The fourth-order valence-electron chi connectivity index (χ4n) is 3.30. The van der Waals surface area contributed by atoms with E-state index in [9.17, 15) is 14.4 Å². The van der Waals surface area contributed by atoms with E-state index in [0.29, 0.717) is 17.0 Å². The maximum atomic E-state index is 12.8. The molecule has 1 aliphatic rings. The van der Waals surface area contributed by atoms with Gasteiger partial charge in [0.05, 0.1) is 12.0 Å². The minimum Gasteiger partial charge on any atom is -0.496 e. The second-order valence-corrected chi connectivity index (χ2v) is 8.88. The number of nitrogens with one attached hydrogen (secondary N) is 1. The lowest BCUT2D eigenvalue weighted by molar-refractivity contribution is -0.127. The second-order valence-electron chi connectivity index (χ2n) is 6.98. The van der Waals surface area contributed by atoms with Crippen molar-refractivity contribution in [3.63, 3.8) is 0 Å². The maximum absolute atomic E-state index is 12.8. The fourth-order valence-corrected chi connectivity index (χ4v) is 4.50. The number of hydrogen-bond donors (Lipinski definition) is 1. The van der Waals surface area contributed by atoms with Crippen molar-refractivity contribution in [2.75, 3.05) is 19.0 Å². The molecule has 3 amide bonds. The highest BCUT2D eigenvalue weighted by Gasteiger charge is 2.36. The van der Waals surface area contributed by atoms with E-state index in [1.165, 1.54) is 7.11 Å². The van der Waals surface area contributed by atoms with Gasteiger partial charge < -0.3 is 10.1 Å². The molecule has 0 bridgehead atoms. The summed E-state index contributed by atoms with van der Waals surface area (Å²) in [6.45, 7) is 5.45. The Kier molecular flexibility index (Phi) is 6.67. The monoisotopic (exact) mass is 488 g/mol. The number of rotatable bonds is 5. The molecule has 0 atom stereocenters. The smallest absolute Gasteiger partial charge is 0.294 e. The van der Waals surface area contributed by atoms with Gasteiger partial charge in [0, 0.05) is 15.7 Å². The topological polar surface area (TPSA) is 75.7 Å². The van der Waals surface area contributed by atoms with Gasteiger partial charge in [0.2, 0.25) is 5.91 Å². The van der Waals surface area contributed by atoms with E-state index >= 15 is 0 Å². The third kappa shape index (κ3) is 4.76. The summed E-state index contributed by atoms with van der Waals surface area (Å²) >= 11 is 4.19. The van der Waals surface area contributed by atoms with E-state index in [-0.39, 0.29) is 11.4 Å². The van der Waals surface area contributed by atoms with Gasteiger partial charge in [-0.1, -0.05) is 33.6 Å². The molecule has 1 heterocycles. The Balaban J connectivity index is 1.77. The van der Waals surface area contributed by atoms with Crippen molar-refractivity contribution in [3.8, 4) is 5.75 Å². The third-order valence-corrected chi connectivity index (χ3v) is 6.00. The molecule has 3 rings (SSSR count). The van der Waals surface area contributed by atoms with Crippen LogP contribution in [0.5, 0.6) is 5.75 Å². The van der Waals surface area contributed by atoms with E-state index in [1.807, 2.05) is 39.0 Å². The number of amides is 3. The number of carbonyl (C=O) groups excluding carboxylic acids is 3. The molecule has 0 spiro atoms. The number of imide groups is 1. The van der Waals surface area contributed by atoms with Gasteiger partial charge in [-0.2, -0.15) is 0 Å². The number of benzene rings is 2. The van der Waals surface area contributed by atoms with Crippen LogP contribution in [0.3, 0.4) is 0 Å². The maximum Gasteiger partial charge on any atom is 0.294 e. The summed E-state index contributed by atoms with van der Waals surface area (Å²) < 4.78 is 6.13. The quantitative estimate of drug-likeness (QED) is 0.595. The molecule has 0 unspecified atom stereocenters. The molecular formula is C22H21BrN2O4S. The van der Waals surface area contributed by atoms with Crippen molar-refractivity contribution in [2.45, 2.75) is 20.8 Å². The van der Waals surface area contributed by atoms with Crippen molar-refractivity contribution in [3.05, 3.63) is 62.0 Å². The van der Waals surface area contributed by atoms with Gasteiger partial charge in [0.1, 0.15) is 12.3 Å². The Hall–Kier alpha value is -2.58. The molecule has 156 valence electrons. The summed E-state index contributed by atoms with van der Waals surface area (Å²) in [5, 5.41) is 2.35. The van der Waals surface area contributed by atoms with E-state index in [4.69, 9.17) is 4.74 Å². The number of carbonyl (C=O) groups is 3. The Morgan fingerprint density at radius 3 is 2.47 bits per heavy atom. The fraction of sp³-hybridized carbons (Fsp3) is 0.227. The first-order valence-corrected chi connectivity index (χ1v) is 10.8. The van der Waals surface area contributed by atoms with Crippen LogP contribution in [0.2, 0.25) is 0 Å². The Labute approximate surface area is 187 Å². The summed E-state index contributed by atoms with van der Waals surface area (Å²) in [7, 11) is 1.53. The van der Waals surface area contributed by atoms with Crippen LogP contribution in [0.15, 0.2) is 39.7 Å². The molecule has 1 N–H and O–H groups in total. The summed E-state index contributed by atoms with van der Waals surface area (Å²) in [4.78, 5) is 38.9. The lowest BCUT2D eigenvalue weighted by Crippen LogP contribution is -2.36. The van der Waals surface area contributed by atoms with Crippen LogP contribution in [0, 0.1) is 20.8 Å². The Morgan fingerprint density at radius 2 is 1.83 bits per heavy atom. The highest BCUT2D eigenvalue weighted by molar-refractivity contribution is 9.10. The normalized spacial score (nSPS) is 15.1. The lowest BCUT2D eigenvalue weighted by Gasteiger charge is -2.16. The van der Waals surface area contributed by atoms with Gasteiger partial charge in [-0.25, -0.2) is 0 Å². The minimum absolute atomic E-state index is 0.242. The number of methoxy groups -OCH3 is 1. The van der Waals surface area contributed by atoms with Gasteiger partial charge in [0.25, 0.3) is 11.1 Å². The van der Waals surface area contributed by atoms with Crippen LogP contribution in [-0.2, 0) is 9.59 Å². The van der Waals surface area contributed by atoms with Crippen molar-refractivity contribution < 1.29 is 19.1 Å². The largest absolute Gasteiger partial charge is 0.496 e. The van der Waals surface area contributed by atoms with Crippen molar-refractivity contribution >= 4 is 56.5 Å². The van der Waals surface area contributed by atoms with Gasteiger partial charge >= 0.3 is 0 Å². The predicted molar refractivity (Wildman–Crippen MR) is 123 cm³/mol. The Bertz CT molecular complexity index is 1060. The summed E-state index contributed by atoms with van der Waals surface area (Å²) in [5.74, 6) is -0.346. The van der Waals surface area contributed by atoms with Gasteiger partial charge in [0.15, 0.2) is 0 Å².